The van der Waals surface area contributed by atoms with Crippen molar-refractivity contribution in [3.05, 3.63) is 44.5 Å². The van der Waals surface area contributed by atoms with E-state index >= 15 is 0 Å². The Kier molecular flexibility index (Phi) is 5.09. The minimum absolute atomic E-state index is 0.452. The van der Waals surface area contributed by atoms with E-state index in [1.165, 1.54) is 0 Å². The number of aliphatic hydroxyl groups excluding tert-OH is 1. The van der Waals surface area contributed by atoms with Crippen molar-refractivity contribution < 1.29 is 5.11 Å². The summed E-state index contributed by atoms with van der Waals surface area (Å²) in [5.74, 6) is 0. The van der Waals surface area contributed by atoms with Crippen LogP contribution in [0.2, 0.25) is 5.02 Å². The summed E-state index contributed by atoms with van der Waals surface area (Å²) in [4.78, 5) is 0. The third kappa shape index (κ3) is 4.13. The molecule has 0 saturated carbocycles. The van der Waals surface area contributed by atoms with Gasteiger partial charge in [0.15, 0.2) is 0 Å². The maximum Gasteiger partial charge on any atom is 0.0803 e. The number of halogens is 2. The first-order chi connectivity index (χ1) is 7.00. The van der Waals surface area contributed by atoms with Gasteiger partial charge in [-0.05, 0) is 66.1 Å². The molecular weight excluding hydrogens is 322 g/mol. The number of allylic oxidation sites excluding steroid dienone is 1. The quantitative estimate of drug-likeness (QED) is 0.641. The standard InChI is InChI=1S/C12H14ClIO/c1-8(2)3-6-12(15)10-7-9(13)4-5-11(10)14/h4-5,7,12,15H,1,3,6H2,2H3. The zero-order valence-corrected chi connectivity index (χ0v) is 11.5. The van der Waals surface area contributed by atoms with Crippen LogP contribution in [-0.2, 0) is 0 Å². The molecule has 15 heavy (non-hydrogen) atoms. The van der Waals surface area contributed by atoms with Crippen LogP contribution >= 0.6 is 34.2 Å². The summed E-state index contributed by atoms with van der Waals surface area (Å²) in [5.41, 5.74) is 2.00. The first-order valence-electron chi connectivity index (χ1n) is 4.78. The Bertz CT molecular complexity index is 363. The molecule has 0 heterocycles. The molecule has 0 saturated heterocycles. The highest BCUT2D eigenvalue weighted by molar-refractivity contribution is 14.1. The maximum atomic E-state index is 9.97. The Hall–Kier alpha value is -0.0600. The van der Waals surface area contributed by atoms with Crippen molar-refractivity contribution >= 4 is 34.2 Å². The third-order valence-electron chi connectivity index (χ3n) is 2.16. The van der Waals surface area contributed by atoms with E-state index in [1.807, 2.05) is 25.1 Å². The average Bonchev–Trinajstić information content (AvgIpc) is 2.18. The van der Waals surface area contributed by atoms with Crippen LogP contribution in [-0.4, -0.2) is 5.11 Å². The van der Waals surface area contributed by atoms with Crippen molar-refractivity contribution in [2.45, 2.75) is 25.9 Å². The number of hydrogen-bond donors (Lipinski definition) is 1. The maximum absolute atomic E-state index is 9.97. The number of hydrogen-bond acceptors (Lipinski definition) is 1. The predicted molar refractivity (Wildman–Crippen MR) is 73.2 cm³/mol. The van der Waals surface area contributed by atoms with Gasteiger partial charge in [0.05, 0.1) is 6.10 Å². The van der Waals surface area contributed by atoms with Gasteiger partial charge in [-0.25, -0.2) is 0 Å². The van der Waals surface area contributed by atoms with Crippen LogP contribution in [0.25, 0.3) is 0 Å². The Labute approximate surface area is 109 Å². The Morgan fingerprint density at radius 3 is 2.87 bits per heavy atom. The Morgan fingerprint density at radius 1 is 1.60 bits per heavy atom. The number of rotatable bonds is 4. The van der Waals surface area contributed by atoms with Crippen molar-refractivity contribution in [2.75, 3.05) is 0 Å². The second-order valence-corrected chi connectivity index (χ2v) is 5.28. The van der Waals surface area contributed by atoms with Gasteiger partial charge in [-0.2, -0.15) is 0 Å². The lowest BCUT2D eigenvalue weighted by atomic mass is 10.0. The smallest absolute Gasteiger partial charge is 0.0803 e. The van der Waals surface area contributed by atoms with E-state index in [-0.39, 0.29) is 0 Å². The SMILES string of the molecule is C=C(C)CCC(O)c1cc(Cl)ccc1I. The van der Waals surface area contributed by atoms with Gasteiger partial charge < -0.3 is 5.11 Å². The van der Waals surface area contributed by atoms with Crippen LogP contribution in [0.15, 0.2) is 30.4 Å². The normalized spacial score (nSPS) is 12.5. The average molecular weight is 337 g/mol. The van der Waals surface area contributed by atoms with Gasteiger partial charge in [0.25, 0.3) is 0 Å². The van der Waals surface area contributed by atoms with Crippen LogP contribution in [0.5, 0.6) is 0 Å². The molecule has 0 amide bonds. The monoisotopic (exact) mass is 336 g/mol. The molecule has 1 aromatic carbocycles. The van der Waals surface area contributed by atoms with Crippen LogP contribution in [0.1, 0.15) is 31.4 Å². The zero-order valence-electron chi connectivity index (χ0n) is 8.63. The molecule has 1 rings (SSSR count). The molecule has 1 nitrogen and oxygen atoms in total. The molecule has 1 aromatic rings. The van der Waals surface area contributed by atoms with Gasteiger partial charge in [-0.1, -0.05) is 17.2 Å². The van der Waals surface area contributed by atoms with Gasteiger partial charge >= 0.3 is 0 Å². The van der Waals surface area contributed by atoms with Crippen molar-refractivity contribution in [1.29, 1.82) is 0 Å². The summed E-state index contributed by atoms with van der Waals surface area (Å²) >= 11 is 8.10. The summed E-state index contributed by atoms with van der Waals surface area (Å²) < 4.78 is 1.05. The van der Waals surface area contributed by atoms with Crippen molar-refractivity contribution in [3.63, 3.8) is 0 Å². The largest absolute Gasteiger partial charge is 0.388 e. The van der Waals surface area contributed by atoms with Crippen LogP contribution in [0, 0.1) is 3.57 Å². The topological polar surface area (TPSA) is 20.2 Å². The fourth-order valence-electron chi connectivity index (χ4n) is 1.31. The number of aliphatic hydroxyl groups is 1. The minimum atomic E-state index is -0.452. The highest BCUT2D eigenvalue weighted by atomic mass is 127. The van der Waals surface area contributed by atoms with Crippen molar-refractivity contribution in [2.24, 2.45) is 0 Å². The highest BCUT2D eigenvalue weighted by Crippen LogP contribution is 2.27. The Balaban J connectivity index is 2.76. The van der Waals surface area contributed by atoms with E-state index in [0.29, 0.717) is 11.4 Å². The van der Waals surface area contributed by atoms with Gasteiger partial charge in [0.1, 0.15) is 0 Å². The van der Waals surface area contributed by atoms with Crippen molar-refractivity contribution in [1.82, 2.24) is 0 Å². The molecular formula is C12H14ClIO. The lowest BCUT2D eigenvalue weighted by molar-refractivity contribution is 0.167. The minimum Gasteiger partial charge on any atom is -0.388 e. The summed E-state index contributed by atoms with van der Waals surface area (Å²) in [6.07, 6.45) is 1.09. The fourth-order valence-corrected chi connectivity index (χ4v) is 2.18. The van der Waals surface area contributed by atoms with Crippen molar-refractivity contribution in [3.8, 4) is 0 Å². The molecule has 0 aliphatic rings. The van der Waals surface area contributed by atoms with E-state index in [0.717, 1.165) is 21.1 Å². The molecule has 0 spiro atoms. The van der Waals surface area contributed by atoms with Crippen LogP contribution < -0.4 is 0 Å². The molecule has 0 bridgehead atoms. The predicted octanol–water partition coefficient (Wildman–Crippen LogP) is 4.33. The molecule has 1 atom stereocenters. The van der Waals surface area contributed by atoms with Gasteiger partial charge in [-0.3, -0.25) is 0 Å². The molecule has 0 fully saturated rings. The molecule has 1 N–H and O–H groups in total. The summed E-state index contributed by atoms with van der Waals surface area (Å²) in [6, 6.07) is 5.58. The van der Waals surface area contributed by atoms with E-state index in [4.69, 9.17) is 11.6 Å². The van der Waals surface area contributed by atoms with Gasteiger partial charge in [-0.15, -0.1) is 6.58 Å². The lowest BCUT2D eigenvalue weighted by Gasteiger charge is -2.13. The molecule has 0 aliphatic heterocycles. The molecule has 3 heteroatoms. The van der Waals surface area contributed by atoms with E-state index in [2.05, 4.69) is 29.2 Å². The third-order valence-corrected chi connectivity index (χ3v) is 3.38. The molecule has 0 radical (unpaired) electrons. The Morgan fingerprint density at radius 2 is 2.27 bits per heavy atom. The second-order valence-electron chi connectivity index (χ2n) is 3.68. The number of benzene rings is 1. The fraction of sp³-hybridized carbons (Fsp3) is 0.333. The first kappa shape index (κ1) is 13.0. The molecule has 0 aliphatic carbocycles. The van der Waals surface area contributed by atoms with E-state index < -0.39 is 6.10 Å². The summed E-state index contributed by atoms with van der Waals surface area (Å²) in [7, 11) is 0. The summed E-state index contributed by atoms with van der Waals surface area (Å²) in [6.45, 7) is 5.79. The molecule has 0 aromatic heterocycles. The van der Waals surface area contributed by atoms with Gasteiger partial charge in [0, 0.05) is 8.59 Å². The zero-order chi connectivity index (χ0) is 11.4. The lowest BCUT2D eigenvalue weighted by Crippen LogP contribution is -2.00. The first-order valence-corrected chi connectivity index (χ1v) is 6.23. The molecule has 82 valence electrons. The molecule has 1 unspecified atom stereocenters. The van der Waals surface area contributed by atoms with Gasteiger partial charge in [0.2, 0.25) is 0 Å². The van der Waals surface area contributed by atoms with E-state index in [1.54, 1.807) is 0 Å². The summed E-state index contributed by atoms with van der Waals surface area (Å²) in [5, 5.41) is 10.6. The van der Waals surface area contributed by atoms with E-state index in [9.17, 15) is 5.11 Å². The van der Waals surface area contributed by atoms with Crippen LogP contribution in [0.4, 0.5) is 0 Å². The van der Waals surface area contributed by atoms with Crippen LogP contribution in [0.3, 0.4) is 0 Å². The second kappa shape index (κ2) is 5.87. The highest BCUT2D eigenvalue weighted by Gasteiger charge is 2.11.